The fourth-order valence-electron chi connectivity index (χ4n) is 2.61. The van der Waals surface area contributed by atoms with Crippen molar-refractivity contribution in [3.05, 3.63) is 22.9 Å². The second-order valence-corrected chi connectivity index (χ2v) is 6.07. The molecule has 2 aliphatic rings. The van der Waals surface area contributed by atoms with E-state index in [1.807, 2.05) is 13.0 Å². The van der Waals surface area contributed by atoms with Crippen LogP contribution >= 0.6 is 11.8 Å². The summed E-state index contributed by atoms with van der Waals surface area (Å²) < 4.78 is 5.26. The monoisotopic (exact) mass is 292 g/mol. The highest BCUT2D eigenvalue weighted by Gasteiger charge is 2.45. The van der Waals surface area contributed by atoms with Crippen LogP contribution in [-0.2, 0) is 16.1 Å². The van der Waals surface area contributed by atoms with Crippen molar-refractivity contribution < 1.29 is 9.53 Å². The number of methoxy groups -OCH3 is 1. The van der Waals surface area contributed by atoms with Gasteiger partial charge in [0.1, 0.15) is 22.2 Å². The summed E-state index contributed by atoms with van der Waals surface area (Å²) in [4.78, 5) is 21.4. The number of fused-ring (bicyclic) bond motifs is 3. The number of hydrogen-bond donors (Lipinski definition) is 1. The average Bonchev–Trinajstić information content (AvgIpc) is 2.75. The molecule has 0 aliphatic carbocycles. The predicted molar refractivity (Wildman–Crippen MR) is 76.2 cm³/mol. The molecule has 0 unspecified atom stereocenters. The molecule has 7 heteroatoms. The number of nitrogens with zero attached hydrogens (tertiary/aromatic N) is 3. The third-order valence-corrected chi connectivity index (χ3v) is 4.76. The Bertz CT molecular complexity index is 617. The summed E-state index contributed by atoms with van der Waals surface area (Å²) in [5, 5.41) is 1.68. The second-order valence-electron chi connectivity index (χ2n) is 4.94. The number of aliphatic imine (C=N–C) groups is 1. The number of pyridine rings is 1. The molecule has 0 radical (unpaired) electrons. The van der Waals surface area contributed by atoms with Gasteiger partial charge in [-0.1, -0.05) is 11.8 Å². The van der Waals surface area contributed by atoms with Crippen molar-refractivity contribution in [1.82, 2.24) is 9.99 Å². The number of amidine groups is 1. The van der Waals surface area contributed by atoms with Crippen LogP contribution in [0.1, 0.15) is 29.8 Å². The number of ether oxygens (including phenoxy) is 1. The fraction of sp³-hybridized carbons (Fsp3) is 0.462. The summed E-state index contributed by atoms with van der Waals surface area (Å²) in [6.07, 6.45) is 0. The van der Waals surface area contributed by atoms with Crippen LogP contribution in [0.5, 0.6) is 0 Å². The van der Waals surface area contributed by atoms with Crippen LogP contribution in [-0.4, -0.2) is 34.1 Å². The molecule has 106 valence electrons. The third-order valence-electron chi connectivity index (χ3n) is 3.51. The molecule has 0 bridgehead atoms. The van der Waals surface area contributed by atoms with Crippen molar-refractivity contribution in [1.29, 1.82) is 0 Å². The Morgan fingerprint density at radius 1 is 1.50 bits per heavy atom. The Hall–Kier alpha value is -1.44. The van der Waals surface area contributed by atoms with Gasteiger partial charge in [0.25, 0.3) is 5.91 Å². The Morgan fingerprint density at radius 3 is 2.95 bits per heavy atom. The van der Waals surface area contributed by atoms with Gasteiger partial charge in [-0.05, 0) is 25.5 Å². The first-order valence-corrected chi connectivity index (χ1v) is 7.20. The Morgan fingerprint density at radius 2 is 2.25 bits per heavy atom. The molecule has 1 amide bonds. The maximum absolute atomic E-state index is 12.3. The molecule has 3 heterocycles. The van der Waals surface area contributed by atoms with Gasteiger partial charge in [0.2, 0.25) is 0 Å². The van der Waals surface area contributed by atoms with Crippen LogP contribution in [0.4, 0.5) is 0 Å². The van der Waals surface area contributed by atoms with Crippen LogP contribution in [0.15, 0.2) is 16.1 Å². The summed E-state index contributed by atoms with van der Waals surface area (Å²) in [5.41, 5.74) is 2.97. The van der Waals surface area contributed by atoms with Crippen molar-refractivity contribution in [3.8, 4) is 0 Å². The number of carbonyl (C=O) groups excluding carboxylic acids is 1. The first-order chi connectivity index (χ1) is 9.52. The van der Waals surface area contributed by atoms with Crippen molar-refractivity contribution in [2.24, 2.45) is 10.8 Å². The number of hydrogen-bond acceptors (Lipinski definition) is 6. The molecule has 2 atom stereocenters. The molecule has 3 rings (SSSR count). The molecule has 0 saturated carbocycles. The summed E-state index contributed by atoms with van der Waals surface area (Å²) in [5.74, 6) is 6.15. The van der Waals surface area contributed by atoms with Crippen molar-refractivity contribution >= 4 is 23.5 Å². The molecular weight excluding hydrogens is 276 g/mol. The number of amides is 1. The van der Waals surface area contributed by atoms with E-state index < -0.39 is 0 Å². The normalized spacial score (nSPS) is 24.5. The van der Waals surface area contributed by atoms with Gasteiger partial charge in [-0.25, -0.2) is 15.8 Å². The van der Waals surface area contributed by atoms with Gasteiger partial charge in [0.15, 0.2) is 0 Å². The van der Waals surface area contributed by atoms with Crippen LogP contribution in [0.25, 0.3) is 0 Å². The number of carbonyl (C=O) groups is 1. The Balaban J connectivity index is 2.13. The average molecular weight is 292 g/mol. The van der Waals surface area contributed by atoms with Crippen molar-refractivity contribution in [2.45, 2.75) is 36.8 Å². The van der Waals surface area contributed by atoms with E-state index in [1.165, 1.54) is 11.8 Å². The lowest BCUT2D eigenvalue weighted by atomic mass is 9.98. The predicted octanol–water partition coefficient (Wildman–Crippen LogP) is 1.19. The lowest BCUT2D eigenvalue weighted by Crippen LogP contribution is -2.50. The van der Waals surface area contributed by atoms with E-state index in [2.05, 4.69) is 9.98 Å². The van der Waals surface area contributed by atoms with E-state index >= 15 is 0 Å². The quantitative estimate of drug-likeness (QED) is 0.654. The molecule has 2 N–H and O–H groups in total. The van der Waals surface area contributed by atoms with Crippen LogP contribution in [0.2, 0.25) is 0 Å². The van der Waals surface area contributed by atoms with Gasteiger partial charge in [0, 0.05) is 18.4 Å². The molecule has 0 spiro atoms. The zero-order valence-electron chi connectivity index (χ0n) is 11.6. The fourth-order valence-corrected chi connectivity index (χ4v) is 3.97. The number of rotatable bonds is 2. The third kappa shape index (κ3) is 1.93. The Labute approximate surface area is 121 Å². The van der Waals surface area contributed by atoms with E-state index in [-0.39, 0.29) is 17.2 Å². The zero-order valence-corrected chi connectivity index (χ0v) is 12.4. The van der Waals surface area contributed by atoms with Gasteiger partial charge >= 0.3 is 0 Å². The highest BCUT2D eigenvalue weighted by atomic mass is 32.2. The van der Waals surface area contributed by atoms with Crippen LogP contribution < -0.4 is 5.84 Å². The summed E-state index contributed by atoms with van der Waals surface area (Å²) in [6.45, 7) is 4.17. The lowest BCUT2D eigenvalue weighted by molar-refractivity contribution is -0.128. The van der Waals surface area contributed by atoms with E-state index in [0.717, 1.165) is 26.9 Å². The topological polar surface area (TPSA) is 80.8 Å². The molecular formula is C13H16N4O2S. The first kappa shape index (κ1) is 13.5. The number of aryl methyl sites for hydroxylation is 1. The lowest BCUT2D eigenvalue weighted by Gasteiger charge is -2.28. The molecule has 6 nitrogen and oxygen atoms in total. The molecule has 0 aromatic carbocycles. The molecule has 0 fully saturated rings. The summed E-state index contributed by atoms with van der Waals surface area (Å²) >= 11 is 1.44. The minimum absolute atomic E-state index is 0.119. The molecule has 2 aliphatic heterocycles. The zero-order chi connectivity index (χ0) is 14.4. The minimum atomic E-state index is -0.316. The Kier molecular flexibility index (Phi) is 3.27. The summed E-state index contributed by atoms with van der Waals surface area (Å²) in [6, 6.07) is 1.79. The van der Waals surface area contributed by atoms with E-state index in [9.17, 15) is 4.79 Å². The maximum Gasteiger partial charge on any atom is 0.258 e. The van der Waals surface area contributed by atoms with Crippen LogP contribution in [0.3, 0.4) is 0 Å². The van der Waals surface area contributed by atoms with Gasteiger partial charge in [-0.3, -0.25) is 9.79 Å². The largest absolute Gasteiger partial charge is 0.380 e. The smallest absolute Gasteiger partial charge is 0.258 e. The maximum atomic E-state index is 12.3. The van der Waals surface area contributed by atoms with E-state index in [4.69, 9.17) is 10.6 Å². The van der Waals surface area contributed by atoms with Crippen molar-refractivity contribution in [3.63, 3.8) is 0 Å². The standard InChI is InChI=1S/C13H16N4O2S/c1-6-4-8(5-19-3)9-10-11(20-12(9)15-6)13(18)17(14)7(2)16-10/h4,10-11H,5,14H2,1-3H3/t10-,11+/m0/s1. The number of aromatic nitrogens is 1. The van der Waals surface area contributed by atoms with Gasteiger partial charge < -0.3 is 4.74 Å². The van der Waals surface area contributed by atoms with Gasteiger partial charge in [-0.15, -0.1) is 0 Å². The van der Waals surface area contributed by atoms with E-state index in [0.29, 0.717) is 12.4 Å². The number of hydrazine groups is 1. The van der Waals surface area contributed by atoms with Crippen molar-refractivity contribution in [2.75, 3.05) is 7.11 Å². The summed E-state index contributed by atoms with van der Waals surface area (Å²) in [7, 11) is 1.66. The highest BCUT2D eigenvalue weighted by molar-refractivity contribution is 8.01. The number of nitrogens with two attached hydrogens (primary N) is 1. The molecule has 1 aromatic rings. The first-order valence-electron chi connectivity index (χ1n) is 6.32. The molecule has 0 saturated heterocycles. The molecule has 20 heavy (non-hydrogen) atoms. The molecule has 1 aromatic heterocycles. The van der Waals surface area contributed by atoms with Gasteiger partial charge in [0.05, 0.1) is 6.61 Å². The highest BCUT2D eigenvalue weighted by Crippen LogP contribution is 2.48. The number of thioether (sulfide) groups is 1. The van der Waals surface area contributed by atoms with Crippen LogP contribution in [0, 0.1) is 6.92 Å². The minimum Gasteiger partial charge on any atom is -0.380 e. The SMILES string of the molecule is COCc1cc(C)nc2c1[C@@H]1N=C(C)N(N)C(=O)[C@@H]1S2. The second kappa shape index (κ2) is 4.83. The van der Waals surface area contributed by atoms with Gasteiger partial charge in [-0.2, -0.15) is 0 Å². The van der Waals surface area contributed by atoms with E-state index in [1.54, 1.807) is 14.0 Å².